The first-order valence-corrected chi connectivity index (χ1v) is 6.27. The van der Waals surface area contributed by atoms with Crippen molar-refractivity contribution in [3.8, 4) is 0 Å². The lowest BCUT2D eigenvalue weighted by molar-refractivity contribution is 0.218. The third-order valence-corrected chi connectivity index (χ3v) is 2.94. The number of rotatable bonds is 5. The Labute approximate surface area is 109 Å². The van der Waals surface area contributed by atoms with Crippen LogP contribution >= 0.6 is 0 Å². The number of hydrogen-bond acceptors (Lipinski definition) is 2. The molecule has 100 valence electrons. The van der Waals surface area contributed by atoms with Crippen molar-refractivity contribution in [3.05, 3.63) is 30.3 Å². The van der Waals surface area contributed by atoms with Crippen molar-refractivity contribution >= 4 is 11.7 Å². The third-order valence-electron chi connectivity index (χ3n) is 2.94. The summed E-state index contributed by atoms with van der Waals surface area (Å²) in [7, 11) is 4.06. The molecule has 4 nitrogen and oxygen atoms in total. The van der Waals surface area contributed by atoms with Crippen LogP contribution in [-0.2, 0) is 0 Å². The summed E-state index contributed by atoms with van der Waals surface area (Å²) in [4.78, 5) is 13.9. The molecule has 18 heavy (non-hydrogen) atoms. The van der Waals surface area contributed by atoms with E-state index in [-0.39, 0.29) is 6.03 Å². The van der Waals surface area contributed by atoms with E-state index in [1.165, 1.54) is 0 Å². The lowest BCUT2D eigenvalue weighted by Gasteiger charge is -2.28. The Morgan fingerprint density at radius 2 is 1.83 bits per heavy atom. The molecule has 2 amide bonds. The monoisotopic (exact) mass is 249 g/mol. The van der Waals surface area contributed by atoms with Gasteiger partial charge in [0, 0.05) is 18.3 Å². The van der Waals surface area contributed by atoms with Crippen molar-refractivity contribution in [1.82, 2.24) is 10.2 Å². The van der Waals surface area contributed by atoms with Crippen LogP contribution in [0.3, 0.4) is 0 Å². The Kier molecular flexibility index (Phi) is 5.65. The second-order valence-corrected chi connectivity index (χ2v) is 4.98. The van der Waals surface area contributed by atoms with Gasteiger partial charge in [0.15, 0.2) is 0 Å². The van der Waals surface area contributed by atoms with Crippen LogP contribution in [-0.4, -0.2) is 37.6 Å². The molecule has 0 radical (unpaired) electrons. The van der Waals surface area contributed by atoms with Gasteiger partial charge in [-0.3, -0.25) is 0 Å². The highest BCUT2D eigenvalue weighted by Gasteiger charge is 2.16. The van der Waals surface area contributed by atoms with E-state index in [1.54, 1.807) is 0 Å². The second kappa shape index (κ2) is 7.01. The summed E-state index contributed by atoms with van der Waals surface area (Å²) in [5.41, 5.74) is 0.806. The fraction of sp³-hybridized carbons (Fsp3) is 0.500. The highest BCUT2D eigenvalue weighted by atomic mass is 16.2. The average Bonchev–Trinajstić information content (AvgIpc) is 2.29. The standard InChI is InChI=1S/C14H23N3O/c1-11(2)13(17(3)4)10-15-14(18)16-12-8-6-5-7-9-12/h5-9,11,13H,10H2,1-4H3,(H2,15,16,18). The van der Waals surface area contributed by atoms with Crippen molar-refractivity contribution in [3.63, 3.8) is 0 Å². The van der Waals surface area contributed by atoms with Gasteiger partial charge in [-0.2, -0.15) is 0 Å². The molecule has 1 atom stereocenters. The molecule has 0 bridgehead atoms. The van der Waals surface area contributed by atoms with Crippen molar-refractivity contribution in [2.75, 3.05) is 26.0 Å². The van der Waals surface area contributed by atoms with Crippen molar-refractivity contribution in [2.45, 2.75) is 19.9 Å². The smallest absolute Gasteiger partial charge is 0.319 e. The molecule has 4 heteroatoms. The van der Waals surface area contributed by atoms with Crippen LogP contribution in [0, 0.1) is 5.92 Å². The van der Waals surface area contributed by atoms with Gasteiger partial charge in [0.05, 0.1) is 0 Å². The molecule has 1 rings (SSSR count). The second-order valence-electron chi connectivity index (χ2n) is 4.98. The first-order valence-electron chi connectivity index (χ1n) is 6.27. The van der Waals surface area contributed by atoms with E-state index < -0.39 is 0 Å². The molecule has 0 aromatic heterocycles. The fourth-order valence-corrected chi connectivity index (χ4v) is 1.91. The fourth-order valence-electron chi connectivity index (χ4n) is 1.91. The van der Waals surface area contributed by atoms with Crippen LogP contribution in [0.1, 0.15) is 13.8 Å². The summed E-state index contributed by atoms with van der Waals surface area (Å²) in [6, 6.07) is 9.62. The number of anilines is 1. The van der Waals surface area contributed by atoms with Gasteiger partial charge in [-0.15, -0.1) is 0 Å². The van der Waals surface area contributed by atoms with Crippen molar-refractivity contribution in [1.29, 1.82) is 0 Å². The van der Waals surface area contributed by atoms with Crippen LogP contribution in [0.4, 0.5) is 10.5 Å². The summed E-state index contributed by atoms with van der Waals surface area (Å²) in [6.45, 7) is 4.95. The quantitative estimate of drug-likeness (QED) is 0.841. The van der Waals surface area contributed by atoms with Crippen molar-refractivity contribution < 1.29 is 4.79 Å². The number of likely N-dealkylation sites (N-methyl/N-ethyl adjacent to an activating group) is 1. The van der Waals surface area contributed by atoms with E-state index in [2.05, 4.69) is 29.4 Å². The number of para-hydroxylation sites is 1. The first kappa shape index (κ1) is 14.5. The third kappa shape index (κ3) is 4.75. The van der Waals surface area contributed by atoms with Crippen LogP contribution in [0.2, 0.25) is 0 Å². The lowest BCUT2D eigenvalue weighted by atomic mass is 10.0. The Bertz CT molecular complexity index is 355. The number of hydrogen-bond donors (Lipinski definition) is 2. The number of urea groups is 1. The molecular weight excluding hydrogens is 226 g/mol. The summed E-state index contributed by atoms with van der Waals surface area (Å²) in [5, 5.41) is 5.71. The Balaban J connectivity index is 2.41. The van der Waals surface area contributed by atoms with Gasteiger partial charge in [-0.1, -0.05) is 32.0 Å². The zero-order chi connectivity index (χ0) is 13.5. The normalized spacial score (nSPS) is 12.6. The predicted molar refractivity (Wildman–Crippen MR) is 75.8 cm³/mol. The molecule has 0 saturated heterocycles. The van der Waals surface area contributed by atoms with Gasteiger partial charge in [0.1, 0.15) is 0 Å². The minimum atomic E-state index is -0.159. The largest absolute Gasteiger partial charge is 0.336 e. The van der Waals surface area contributed by atoms with Gasteiger partial charge in [0.25, 0.3) is 0 Å². The van der Waals surface area contributed by atoms with E-state index >= 15 is 0 Å². The molecule has 0 fully saturated rings. The maximum Gasteiger partial charge on any atom is 0.319 e. The first-order chi connectivity index (χ1) is 8.50. The number of amides is 2. The molecular formula is C14H23N3O. The Hall–Kier alpha value is -1.55. The molecule has 0 aliphatic carbocycles. The summed E-state index contributed by atoms with van der Waals surface area (Å²) in [5.74, 6) is 0.497. The van der Waals surface area contributed by atoms with Gasteiger partial charge in [0.2, 0.25) is 0 Å². The van der Waals surface area contributed by atoms with Gasteiger partial charge < -0.3 is 15.5 Å². The topological polar surface area (TPSA) is 44.4 Å². The molecule has 2 N–H and O–H groups in total. The molecule has 1 unspecified atom stereocenters. The van der Waals surface area contributed by atoms with Crippen molar-refractivity contribution in [2.24, 2.45) is 5.92 Å². The minimum absolute atomic E-state index is 0.159. The molecule has 0 aliphatic rings. The van der Waals surface area contributed by atoms with Gasteiger partial charge in [-0.05, 0) is 32.1 Å². The minimum Gasteiger partial charge on any atom is -0.336 e. The summed E-state index contributed by atoms with van der Waals surface area (Å²) >= 11 is 0. The number of nitrogens with zero attached hydrogens (tertiary/aromatic N) is 1. The summed E-state index contributed by atoms with van der Waals surface area (Å²) in [6.07, 6.45) is 0. The predicted octanol–water partition coefficient (Wildman–Crippen LogP) is 2.39. The van der Waals surface area contributed by atoms with Crippen LogP contribution in [0.15, 0.2) is 30.3 Å². The highest BCUT2D eigenvalue weighted by molar-refractivity contribution is 5.89. The molecule has 1 aromatic rings. The Morgan fingerprint density at radius 1 is 1.22 bits per heavy atom. The molecule has 0 heterocycles. The zero-order valence-electron chi connectivity index (χ0n) is 11.6. The molecule has 0 aliphatic heterocycles. The maximum atomic E-state index is 11.7. The van der Waals surface area contributed by atoms with E-state index in [4.69, 9.17) is 0 Å². The maximum absolute atomic E-state index is 11.7. The number of carbonyl (C=O) groups is 1. The molecule has 1 aromatic carbocycles. The van der Waals surface area contributed by atoms with Crippen LogP contribution in [0.5, 0.6) is 0 Å². The van der Waals surface area contributed by atoms with Crippen LogP contribution in [0.25, 0.3) is 0 Å². The molecule has 0 saturated carbocycles. The number of carbonyl (C=O) groups excluding carboxylic acids is 1. The highest BCUT2D eigenvalue weighted by Crippen LogP contribution is 2.07. The van der Waals surface area contributed by atoms with E-state index in [9.17, 15) is 4.79 Å². The lowest BCUT2D eigenvalue weighted by Crippen LogP contribution is -2.44. The SMILES string of the molecule is CC(C)C(CNC(=O)Nc1ccccc1)N(C)C. The summed E-state index contributed by atoms with van der Waals surface area (Å²) < 4.78 is 0. The van der Waals surface area contributed by atoms with Gasteiger partial charge in [-0.25, -0.2) is 4.79 Å². The van der Waals surface area contributed by atoms with Crippen LogP contribution < -0.4 is 10.6 Å². The van der Waals surface area contributed by atoms with E-state index in [0.717, 1.165) is 5.69 Å². The number of nitrogens with one attached hydrogen (secondary N) is 2. The average molecular weight is 249 g/mol. The molecule has 0 spiro atoms. The Morgan fingerprint density at radius 3 is 2.33 bits per heavy atom. The van der Waals surface area contributed by atoms with E-state index in [0.29, 0.717) is 18.5 Å². The van der Waals surface area contributed by atoms with E-state index in [1.807, 2.05) is 44.4 Å². The number of benzene rings is 1. The zero-order valence-corrected chi connectivity index (χ0v) is 11.6. The van der Waals surface area contributed by atoms with Gasteiger partial charge >= 0.3 is 6.03 Å².